The highest BCUT2D eigenvalue weighted by atomic mass is 32.2. The van der Waals surface area contributed by atoms with Crippen LogP contribution in [-0.4, -0.2) is 61.1 Å². The van der Waals surface area contributed by atoms with Gasteiger partial charge in [-0.05, 0) is 20.8 Å². The number of sulfonamides is 1. The summed E-state index contributed by atoms with van der Waals surface area (Å²) < 4.78 is 36.6. The van der Waals surface area contributed by atoms with Gasteiger partial charge in [-0.3, -0.25) is 9.59 Å². The number of ether oxygens (including phenoxy) is 2. The Hall–Kier alpha value is -0.990. The summed E-state index contributed by atoms with van der Waals surface area (Å²) in [6, 6.07) is 0. The van der Waals surface area contributed by atoms with Crippen molar-refractivity contribution in [3.8, 4) is 0 Å². The molecule has 132 valence electrons. The number of esters is 1. The van der Waals surface area contributed by atoms with Gasteiger partial charge in [-0.1, -0.05) is 0 Å². The fourth-order valence-electron chi connectivity index (χ4n) is 2.86. The average Bonchev–Trinajstić information content (AvgIpc) is 2.46. The van der Waals surface area contributed by atoms with Crippen molar-refractivity contribution in [2.24, 2.45) is 0 Å². The van der Waals surface area contributed by atoms with Gasteiger partial charge in [0, 0.05) is 52.0 Å². The summed E-state index contributed by atoms with van der Waals surface area (Å²) in [5.74, 6) is -0.667. The molecule has 0 spiro atoms. The summed E-state index contributed by atoms with van der Waals surface area (Å²) in [5, 5.41) is 0. The van der Waals surface area contributed by atoms with Crippen LogP contribution in [0.2, 0.25) is 0 Å². The van der Waals surface area contributed by atoms with Crippen molar-refractivity contribution in [1.29, 1.82) is 0 Å². The van der Waals surface area contributed by atoms with Crippen LogP contribution in [-0.2, 0) is 29.1 Å². The molecule has 0 aromatic rings. The molecular formula is C15H25NO6S. The molecule has 7 nitrogen and oxygen atoms in total. The Balaban J connectivity index is 2.33. The minimum Gasteiger partial charge on any atom is -0.459 e. The van der Waals surface area contributed by atoms with E-state index >= 15 is 0 Å². The van der Waals surface area contributed by atoms with Gasteiger partial charge in [-0.25, -0.2) is 12.7 Å². The third-order valence-corrected chi connectivity index (χ3v) is 6.79. The maximum atomic E-state index is 13.2. The van der Waals surface area contributed by atoms with Crippen molar-refractivity contribution >= 4 is 21.8 Å². The topological polar surface area (TPSA) is 90.0 Å². The predicted molar refractivity (Wildman–Crippen MR) is 83.4 cm³/mol. The first kappa shape index (κ1) is 18.4. The molecule has 2 aliphatic rings. The molecule has 2 fully saturated rings. The normalized spacial score (nSPS) is 23.5. The highest BCUT2D eigenvalue weighted by Gasteiger charge is 2.56. The number of carbonyl (C=O) groups is 2. The summed E-state index contributed by atoms with van der Waals surface area (Å²) in [5.41, 5.74) is -0.768. The quantitative estimate of drug-likeness (QED) is 0.704. The molecule has 0 aliphatic carbocycles. The van der Waals surface area contributed by atoms with Crippen molar-refractivity contribution < 1.29 is 27.5 Å². The van der Waals surface area contributed by atoms with Crippen LogP contribution in [0.3, 0.4) is 0 Å². The Kier molecular flexibility index (Phi) is 5.18. The number of ketones is 1. The van der Waals surface area contributed by atoms with Crippen molar-refractivity contribution in [1.82, 2.24) is 4.31 Å². The number of Topliss-reactive ketones (excluding diaryl/α,β-unsaturated/α-hetero) is 1. The van der Waals surface area contributed by atoms with Gasteiger partial charge >= 0.3 is 5.97 Å². The molecule has 2 rings (SSSR count). The predicted octanol–water partition coefficient (Wildman–Crippen LogP) is 0.872. The molecule has 0 N–H and O–H groups in total. The van der Waals surface area contributed by atoms with E-state index in [1.54, 1.807) is 20.8 Å². The zero-order valence-electron chi connectivity index (χ0n) is 14.0. The SMILES string of the molecule is CC(C)(C)OC(=O)C1(S(=O)(=O)N2CCC(=O)CC2)CCOCC1. The van der Waals surface area contributed by atoms with Gasteiger partial charge in [-0.15, -0.1) is 0 Å². The first-order valence-electron chi connectivity index (χ1n) is 7.91. The van der Waals surface area contributed by atoms with Gasteiger partial charge in [0.25, 0.3) is 0 Å². The summed E-state index contributed by atoms with van der Waals surface area (Å²) in [6.45, 7) is 5.80. The molecule has 0 aromatic heterocycles. The van der Waals surface area contributed by atoms with E-state index < -0.39 is 26.3 Å². The first-order chi connectivity index (χ1) is 10.6. The Morgan fingerprint density at radius 2 is 1.70 bits per heavy atom. The summed E-state index contributed by atoms with van der Waals surface area (Å²) >= 11 is 0. The standard InChI is InChI=1S/C15H25NO6S/c1-14(2,3)22-13(18)15(6-10-21-11-7-15)23(19,20)16-8-4-12(17)5-9-16/h4-11H2,1-3H3. The molecule has 0 bridgehead atoms. The molecule has 2 saturated heterocycles. The minimum absolute atomic E-state index is 0.0507. The van der Waals surface area contributed by atoms with Crippen LogP contribution in [0.4, 0.5) is 0 Å². The van der Waals surface area contributed by atoms with Gasteiger partial charge in [0.15, 0.2) is 4.75 Å². The van der Waals surface area contributed by atoms with Crippen molar-refractivity contribution in [2.45, 2.75) is 56.8 Å². The van der Waals surface area contributed by atoms with Crippen LogP contribution in [0.1, 0.15) is 46.5 Å². The van der Waals surface area contributed by atoms with E-state index in [4.69, 9.17) is 9.47 Å². The molecule has 8 heteroatoms. The van der Waals surface area contributed by atoms with E-state index in [0.717, 1.165) is 0 Å². The molecule has 0 aromatic carbocycles. The van der Waals surface area contributed by atoms with Crippen molar-refractivity contribution in [3.63, 3.8) is 0 Å². The Bertz CT molecular complexity index is 561. The van der Waals surface area contributed by atoms with E-state index in [0.29, 0.717) is 0 Å². The highest BCUT2D eigenvalue weighted by molar-refractivity contribution is 7.91. The number of hydrogen-bond donors (Lipinski definition) is 0. The number of hydrogen-bond acceptors (Lipinski definition) is 6. The van der Waals surface area contributed by atoms with E-state index in [1.807, 2.05) is 0 Å². The van der Waals surface area contributed by atoms with Crippen molar-refractivity contribution in [2.75, 3.05) is 26.3 Å². The fraction of sp³-hybridized carbons (Fsp3) is 0.867. The molecule has 0 radical (unpaired) electrons. The molecule has 0 amide bonds. The van der Waals surface area contributed by atoms with Crippen LogP contribution >= 0.6 is 0 Å². The molecule has 23 heavy (non-hydrogen) atoms. The van der Waals surface area contributed by atoms with Gasteiger partial charge in [0.1, 0.15) is 11.4 Å². The van der Waals surface area contributed by atoms with Gasteiger partial charge in [0.05, 0.1) is 0 Å². The zero-order valence-corrected chi connectivity index (χ0v) is 14.8. The lowest BCUT2D eigenvalue weighted by molar-refractivity contribution is -0.161. The van der Waals surface area contributed by atoms with E-state index in [2.05, 4.69) is 0 Å². The van der Waals surface area contributed by atoms with Crippen LogP contribution < -0.4 is 0 Å². The molecule has 0 atom stereocenters. The maximum Gasteiger partial charge on any atom is 0.329 e. The molecule has 0 unspecified atom stereocenters. The molecule has 2 aliphatic heterocycles. The third kappa shape index (κ3) is 3.75. The zero-order chi connectivity index (χ0) is 17.3. The van der Waals surface area contributed by atoms with Crippen LogP contribution in [0.5, 0.6) is 0 Å². The van der Waals surface area contributed by atoms with E-state index in [9.17, 15) is 18.0 Å². The van der Waals surface area contributed by atoms with Crippen LogP contribution in [0, 0.1) is 0 Å². The summed E-state index contributed by atoms with van der Waals surface area (Å²) in [4.78, 5) is 24.1. The number of nitrogens with zero attached hydrogens (tertiary/aromatic N) is 1. The first-order valence-corrected chi connectivity index (χ1v) is 9.35. The fourth-order valence-corrected chi connectivity index (χ4v) is 4.96. The maximum absolute atomic E-state index is 13.2. The molecular weight excluding hydrogens is 322 g/mol. The average molecular weight is 347 g/mol. The third-order valence-electron chi connectivity index (χ3n) is 4.19. The largest absolute Gasteiger partial charge is 0.459 e. The second-order valence-corrected chi connectivity index (χ2v) is 9.30. The number of rotatable bonds is 3. The van der Waals surface area contributed by atoms with Crippen molar-refractivity contribution in [3.05, 3.63) is 0 Å². The lowest BCUT2D eigenvalue weighted by Crippen LogP contribution is -2.59. The van der Waals surface area contributed by atoms with E-state index in [-0.39, 0.29) is 57.8 Å². The van der Waals surface area contributed by atoms with E-state index in [1.165, 1.54) is 4.31 Å². The smallest absolute Gasteiger partial charge is 0.329 e. The Labute approximate surface area is 137 Å². The summed E-state index contributed by atoms with van der Waals surface area (Å²) in [6.07, 6.45) is 0.545. The highest BCUT2D eigenvalue weighted by Crippen LogP contribution is 2.36. The Morgan fingerprint density at radius 3 is 2.17 bits per heavy atom. The molecule has 0 saturated carbocycles. The lowest BCUT2D eigenvalue weighted by atomic mass is 9.99. The van der Waals surface area contributed by atoms with Gasteiger partial charge < -0.3 is 9.47 Å². The summed E-state index contributed by atoms with van der Waals surface area (Å²) in [7, 11) is -3.92. The monoisotopic (exact) mass is 347 g/mol. The van der Waals surface area contributed by atoms with Gasteiger partial charge in [0.2, 0.25) is 10.0 Å². The second-order valence-electron chi connectivity index (χ2n) is 7.05. The number of carbonyl (C=O) groups excluding carboxylic acids is 2. The molecule has 2 heterocycles. The second kappa shape index (κ2) is 6.49. The Morgan fingerprint density at radius 1 is 1.17 bits per heavy atom. The minimum atomic E-state index is -3.92. The van der Waals surface area contributed by atoms with Crippen LogP contribution in [0.25, 0.3) is 0 Å². The lowest BCUT2D eigenvalue weighted by Gasteiger charge is -2.40. The number of piperidine rings is 1. The van der Waals surface area contributed by atoms with Gasteiger partial charge in [-0.2, -0.15) is 0 Å². The van der Waals surface area contributed by atoms with Crippen LogP contribution in [0.15, 0.2) is 0 Å².